The van der Waals surface area contributed by atoms with Gasteiger partial charge in [0.2, 0.25) is 0 Å². The zero-order valence-electron chi connectivity index (χ0n) is 16.2. The Labute approximate surface area is 169 Å². The molecule has 1 spiro atoms. The number of hydrogen-bond donors (Lipinski definition) is 1. The van der Waals surface area contributed by atoms with Crippen LogP contribution in [-0.2, 0) is 4.74 Å². The maximum Gasteiger partial charge on any atom is 0.291 e. The molecule has 0 radical (unpaired) electrons. The number of nitrogens with zero attached hydrogens (tertiary/aromatic N) is 4. The summed E-state index contributed by atoms with van der Waals surface area (Å²) in [5.74, 6) is 1.31. The quantitative estimate of drug-likeness (QED) is 0.731. The molecule has 0 aliphatic carbocycles. The molecule has 6 heteroatoms. The third-order valence-electron chi connectivity index (χ3n) is 6.56. The fraction of sp³-hybridized carbons (Fsp3) is 0.348. The number of fused-ring (bicyclic) bond motifs is 3. The molecule has 1 N–H and O–H groups in total. The van der Waals surface area contributed by atoms with Gasteiger partial charge in [-0.25, -0.2) is 15.0 Å². The van der Waals surface area contributed by atoms with Crippen LogP contribution in [0.2, 0.25) is 0 Å². The predicted molar refractivity (Wildman–Crippen MR) is 114 cm³/mol. The molecule has 0 saturated carbocycles. The summed E-state index contributed by atoms with van der Waals surface area (Å²) >= 11 is 0. The van der Waals surface area contributed by atoms with E-state index in [1.54, 1.807) is 6.33 Å². The molecule has 4 aliphatic rings. The van der Waals surface area contributed by atoms with Gasteiger partial charge in [-0.15, -0.1) is 0 Å². The second-order valence-corrected chi connectivity index (χ2v) is 8.31. The van der Waals surface area contributed by atoms with Crippen LogP contribution < -0.4 is 5.32 Å². The van der Waals surface area contributed by atoms with E-state index >= 15 is 0 Å². The highest BCUT2D eigenvalue weighted by atomic mass is 16.5. The first kappa shape index (κ1) is 16.9. The van der Waals surface area contributed by atoms with Crippen molar-refractivity contribution in [2.75, 3.05) is 31.5 Å². The standard InChI is InChI=1S/C23H23N5O/c1-2-4-17-11-18(6-5-16(17)3-1)20-12-21(26-15-25-20)27-22-24-13-23(29-22)14-28-9-7-19(23)8-10-28/h1-6,11-12,15,19H,7-10,13-14H2,(H,24,25,26,27). The molecule has 2 bridgehead atoms. The molecule has 1 aromatic heterocycles. The van der Waals surface area contributed by atoms with E-state index in [2.05, 4.69) is 67.6 Å². The number of nitrogens with one attached hydrogen (secondary N) is 1. The van der Waals surface area contributed by atoms with Gasteiger partial charge in [0.05, 0.1) is 12.2 Å². The summed E-state index contributed by atoms with van der Waals surface area (Å²) < 4.78 is 6.37. The second-order valence-electron chi connectivity index (χ2n) is 8.31. The van der Waals surface area contributed by atoms with Crippen molar-refractivity contribution < 1.29 is 4.74 Å². The number of hydrogen-bond acceptors (Lipinski definition) is 6. The van der Waals surface area contributed by atoms with Crippen molar-refractivity contribution in [2.24, 2.45) is 10.9 Å². The van der Waals surface area contributed by atoms with Crippen molar-refractivity contribution in [1.82, 2.24) is 14.9 Å². The largest absolute Gasteiger partial charge is 0.455 e. The molecule has 6 nitrogen and oxygen atoms in total. The number of benzene rings is 2. The van der Waals surface area contributed by atoms with E-state index < -0.39 is 0 Å². The lowest BCUT2D eigenvalue weighted by atomic mass is 9.75. The Kier molecular flexibility index (Phi) is 3.81. The lowest BCUT2D eigenvalue weighted by molar-refractivity contribution is -0.0829. The topological polar surface area (TPSA) is 62.6 Å². The van der Waals surface area contributed by atoms with E-state index in [4.69, 9.17) is 4.74 Å². The Hall–Kier alpha value is -2.99. The van der Waals surface area contributed by atoms with E-state index in [1.165, 1.54) is 36.7 Å². The van der Waals surface area contributed by atoms with Crippen LogP contribution in [0.1, 0.15) is 12.8 Å². The molecular formula is C23H23N5O. The van der Waals surface area contributed by atoms with Gasteiger partial charge >= 0.3 is 0 Å². The Morgan fingerprint density at radius 1 is 1.00 bits per heavy atom. The first-order valence-corrected chi connectivity index (χ1v) is 10.3. The highest BCUT2D eigenvalue weighted by Crippen LogP contribution is 2.40. The predicted octanol–water partition coefficient (Wildman–Crippen LogP) is 3.56. The molecule has 1 unspecified atom stereocenters. The van der Waals surface area contributed by atoms with Gasteiger partial charge in [-0.3, -0.25) is 10.2 Å². The van der Waals surface area contributed by atoms with Crippen LogP contribution in [-0.4, -0.2) is 52.7 Å². The van der Waals surface area contributed by atoms with Crippen LogP contribution in [0, 0.1) is 5.92 Å². The second kappa shape index (κ2) is 6.52. The Morgan fingerprint density at radius 3 is 2.69 bits per heavy atom. The van der Waals surface area contributed by atoms with E-state index in [1.807, 2.05) is 6.07 Å². The molecular weight excluding hydrogens is 362 g/mol. The van der Waals surface area contributed by atoms with Crippen molar-refractivity contribution in [3.05, 3.63) is 54.9 Å². The van der Waals surface area contributed by atoms with Crippen molar-refractivity contribution in [1.29, 1.82) is 0 Å². The summed E-state index contributed by atoms with van der Waals surface area (Å²) in [6.45, 7) is 4.11. The number of ether oxygens (including phenoxy) is 1. The highest BCUT2D eigenvalue weighted by molar-refractivity contribution is 5.91. The van der Waals surface area contributed by atoms with E-state index in [0.29, 0.717) is 17.8 Å². The van der Waals surface area contributed by atoms with E-state index in [-0.39, 0.29) is 5.60 Å². The first-order valence-electron chi connectivity index (χ1n) is 10.3. The fourth-order valence-corrected chi connectivity index (χ4v) is 4.99. The third kappa shape index (κ3) is 2.95. The summed E-state index contributed by atoms with van der Waals surface area (Å²) in [5.41, 5.74) is 1.80. The minimum absolute atomic E-state index is 0.146. The van der Waals surface area contributed by atoms with E-state index in [9.17, 15) is 0 Å². The number of aliphatic imine (C=N–C) groups is 1. The van der Waals surface area contributed by atoms with Crippen LogP contribution in [0.15, 0.2) is 59.9 Å². The summed E-state index contributed by atoms with van der Waals surface area (Å²) in [7, 11) is 0. The molecule has 146 valence electrons. The number of rotatable bonds is 2. The minimum Gasteiger partial charge on any atom is -0.455 e. The monoisotopic (exact) mass is 385 g/mol. The van der Waals surface area contributed by atoms with Gasteiger partial charge in [0.25, 0.3) is 6.02 Å². The third-order valence-corrected chi connectivity index (χ3v) is 6.56. The van der Waals surface area contributed by atoms with Crippen LogP contribution >= 0.6 is 0 Å². The highest BCUT2D eigenvalue weighted by Gasteiger charge is 2.51. The molecule has 1 atom stereocenters. The van der Waals surface area contributed by atoms with Gasteiger partial charge in [-0.05, 0) is 42.8 Å². The van der Waals surface area contributed by atoms with Gasteiger partial charge in [0.1, 0.15) is 17.7 Å². The van der Waals surface area contributed by atoms with Crippen molar-refractivity contribution >= 4 is 22.6 Å². The van der Waals surface area contributed by atoms with Crippen LogP contribution in [0.4, 0.5) is 5.82 Å². The van der Waals surface area contributed by atoms with Crippen molar-refractivity contribution in [2.45, 2.75) is 18.4 Å². The van der Waals surface area contributed by atoms with Gasteiger partial charge in [-0.2, -0.15) is 0 Å². The zero-order chi connectivity index (χ0) is 19.3. The number of piperidine rings is 3. The summed E-state index contributed by atoms with van der Waals surface area (Å²) in [6, 6.07) is 17.3. The maximum atomic E-state index is 6.37. The molecule has 7 rings (SSSR count). The maximum absolute atomic E-state index is 6.37. The van der Waals surface area contributed by atoms with Gasteiger partial charge < -0.3 is 4.74 Å². The minimum atomic E-state index is -0.146. The summed E-state index contributed by atoms with van der Waals surface area (Å²) in [5, 5.41) is 5.70. The van der Waals surface area contributed by atoms with Gasteiger partial charge in [0, 0.05) is 24.1 Å². The first-order chi connectivity index (χ1) is 14.3. The average molecular weight is 385 g/mol. The van der Waals surface area contributed by atoms with E-state index in [0.717, 1.165) is 24.3 Å². The summed E-state index contributed by atoms with van der Waals surface area (Å²) in [4.78, 5) is 16.0. The normalized spacial score (nSPS) is 27.8. The van der Waals surface area contributed by atoms with Gasteiger partial charge in [-0.1, -0.05) is 36.4 Å². The molecule has 4 aliphatic heterocycles. The fourth-order valence-electron chi connectivity index (χ4n) is 4.99. The van der Waals surface area contributed by atoms with Gasteiger partial charge in [0.15, 0.2) is 0 Å². The van der Waals surface area contributed by atoms with Crippen LogP contribution in [0.5, 0.6) is 0 Å². The molecule has 0 amide bonds. The molecule has 2 aromatic carbocycles. The number of aromatic nitrogens is 2. The Balaban J connectivity index is 1.22. The Bertz CT molecular complexity index is 1110. The Morgan fingerprint density at radius 2 is 1.86 bits per heavy atom. The number of anilines is 1. The molecule has 3 fully saturated rings. The summed E-state index contributed by atoms with van der Waals surface area (Å²) in [6.07, 6.45) is 4.01. The van der Waals surface area contributed by atoms with Crippen molar-refractivity contribution in [3.63, 3.8) is 0 Å². The molecule has 3 saturated heterocycles. The van der Waals surface area contributed by atoms with Crippen LogP contribution in [0.25, 0.3) is 22.0 Å². The lowest BCUT2D eigenvalue weighted by Crippen LogP contribution is -2.61. The van der Waals surface area contributed by atoms with Crippen molar-refractivity contribution in [3.8, 4) is 11.3 Å². The molecule has 3 aromatic rings. The number of amidine groups is 1. The molecule has 29 heavy (non-hydrogen) atoms. The molecule has 5 heterocycles. The smallest absolute Gasteiger partial charge is 0.291 e. The SMILES string of the molecule is c1ccc2cc(-c3cc(NC4=NCC5(CN6CCC5CC6)O4)ncn3)ccc2c1. The van der Waals surface area contributed by atoms with Crippen LogP contribution in [0.3, 0.4) is 0 Å². The lowest BCUT2D eigenvalue weighted by Gasteiger charge is -2.50. The zero-order valence-corrected chi connectivity index (χ0v) is 16.2. The average Bonchev–Trinajstić information content (AvgIpc) is 3.16.